The molecule has 3 aromatic rings. The highest BCUT2D eigenvalue weighted by Gasteiger charge is 2.05. The third kappa shape index (κ3) is 5.62. The van der Waals surface area contributed by atoms with Crippen LogP contribution in [0.3, 0.4) is 0 Å². The molecule has 0 spiro atoms. The Labute approximate surface area is 174 Å². The molecule has 0 aliphatic rings. The van der Waals surface area contributed by atoms with Gasteiger partial charge in [-0.3, -0.25) is 4.79 Å². The summed E-state index contributed by atoms with van der Waals surface area (Å²) in [5, 5.41) is 4.23. The van der Waals surface area contributed by atoms with Crippen LogP contribution in [0.4, 0.5) is 5.69 Å². The molecule has 0 radical (unpaired) electrons. The second kappa shape index (κ2) is 9.45. The molecule has 1 N–H and O–H groups in total. The Morgan fingerprint density at radius 1 is 1.00 bits per heavy atom. The van der Waals surface area contributed by atoms with E-state index in [9.17, 15) is 4.79 Å². The van der Waals surface area contributed by atoms with Crippen LogP contribution in [0.2, 0.25) is 10.0 Å². The van der Waals surface area contributed by atoms with E-state index < -0.39 is 0 Å². The van der Waals surface area contributed by atoms with Crippen molar-refractivity contribution in [1.82, 2.24) is 0 Å². The minimum atomic E-state index is -0.0908. The van der Waals surface area contributed by atoms with Crippen LogP contribution in [0.1, 0.15) is 21.5 Å². The minimum absolute atomic E-state index is 0.0908. The third-order valence-corrected chi connectivity index (χ3v) is 4.67. The van der Waals surface area contributed by atoms with Gasteiger partial charge in [-0.05, 0) is 55.5 Å². The van der Waals surface area contributed by atoms with Crippen molar-refractivity contribution in [3.63, 3.8) is 0 Å². The molecule has 3 nitrogen and oxygen atoms in total. The molecule has 0 aromatic heterocycles. The van der Waals surface area contributed by atoms with Crippen molar-refractivity contribution in [2.24, 2.45) is 0 Å². The Hall–Kier alpha value is -2.75. The number of ether oxygens (including phenoxy) is 1. The molecule has 0 saturated carbocycles. The average Bonchev–Trinajstić information content (AvgIpc) is 2.69. The van der Waals surface area contributed by atoms with Gasteiger partial charge in [-0.15, -0.1) is 0 Å². The van der Waals surface area contributed by atoms with E-state index in [2.05, 4.69) is 5.32 Å². The maximum atomic E-state index is 12.3. The highest BCUT2D eigenvalue weighted by molar-refractivity contribution is 6.35. The fourth-order valence-corrected chi connectivity index (χ4v) is 2.94. The van der Waals surface area contributed by atoms with Gasteiger partial charge in [-0.1, -0.05) is 47.0 Å². The first-order valence-corrected chi connectivity index (χ1v) is 9.48. The standard InChI is InChI=1S/C23H19Cl2NO2/c1-16-2-8-20(9-3-16)26-13-12-23(27)17-5-10-21(11-6-17)28-15-18-4-7-19(24)14-22(18)25/h2-14,26H,15H2,1H3. The Balaban J connectivity index is 1.54. The molecule has 0 heterocycles. The number of benzene rings is 3. The summed E-state index contributed by atoms with van der Waals surface area (Å²) in [5.74, 6) is 0.566. The zero-order chi connectivity index (χ0) is 19.9. The number of carbonyl (C=O) groups excluding carboxylic acids is 1. The van der Waals surface area contributed by atoms with Gasteiger partial charge in [0, 0.05) is 39.1 Å². The fourth-order valence-electron chi connectivity index (χ4n) is 2.47. The van der Waals surface area contributed by atoms with E-state index in [-0.39, 0.29) is 5.78 Å². The molecule has 0 aliphatic carbocycles. The summed E-state index contributed by atoms with van der Waals surface area (Å²) in [7, 11) is 0. The second-order valence-electron chi connectivity index (χ2n) is 6.26. The van der Waals surface area contributed by atoms with E-state index in [1.54, 1.807) is 42.6 Å². The van der Waals surface area contributed by atoms with E-state index in [0.717, 1.165) is 11.3 Å². The summed E-state index contributed by atoms with van der Waals surface area (Å²) >= 11 is 12.0. The molecule has 0 unspecified atom stereocenters. The number of hydrogen-bond donors (Lipinski definition) is 1. The van der Waals surface area contributed by atoms with Crippen molar-refractivity contribution >= 4 is 34.7 Å². The number of nitrogens with one attached hydrogen (secondary N) is 1. The minimum Gasteiger partial charge on any atom is -0.489 e. The Bertz CT molecular complexity index is 980. The Morgan fingerprint density at radius 3 is 2.39 bits per heavy atom. The SMILES string of the molecule is Cc1ccc(NC=CC(=O)c2ccc(OCc3ccc(Cl)cc3Cl)cc2)cc1. The van der Waals surface area contributed by atoms with Crippen LogP contribution in [0.5, 0.6) is 5.75 Å². The largest absolute Gasteiger partial charge is 0.489 e. The lowest BCUT2D eigenvalue weighted by atomic mass is 10.1. The molecular formula is C23H19Cl2NO2. The normalized spacial score (nSPS) is 10.8. The number of ketones is 1. The highest BCUT2D eigenvalue weighted by Crippen LogP contribution is 2.23. The summed E-state index contributed by atoms with van der Waals surface area (Å²) in [6.45, 7) is 2.35. The maximum Gasteiger partial charge on any atom is 0.187 e. The van der Waals surface area contributed by atoms with E-state index in [0.29, 0.717) is 28.0 Å². The molecule has 142 valence electrons. The van der Waals surface area contributed by atoms with Crippen LogP contribution in [-0.4, -0.2) is 5.78 Å². The average molecular weight is 412 g/mol. The van der Waals surface area contributed by atoms with E-state index in [1.165, 1.54) is 11.6 Å². The summed E-state index contributed by atoms with van der Waals surface area (Å²) in [4.78, 5) is 12.3. The van der Waals surface area contributed by atoms with Gasteiger partial charge in [0.2, 0.25) is 0 Å². The molecule has 28 heavy (non-hydrogen) atoms. The molecular weight excluding hydrogens is 393 g/mol. The highest BCUT2D eigenvalue weighted by atomic mass is 35.5. The van der Waals surface area contributed by atoms with Gasteiger partial charge in [-0.25, -0.2) is 0 Å². The zero-order valence-corrected chi connectivity index (χ0v) is 16.8. The second-order valence-corrected chi connectivity index (χ2v) is 7.10. The van der Waals surface area contributed by atoms with Gasteiger partial charge in [0.25, 0.3) is 0 Å². The number of hydrogen-bond acceptors (Lipinski definition) is 3. The first kappa shape index (κ1) is 20.0. The number of aryl methyl sites for hydroxylation is 1. The Kier molecular flexibility index (Phi) is 6.75. The van der Waals surface area contributed by atoms with Crippen LogP contribution >= 0.6 is 23.2 Å². The van der Waals surface area contributed by atoms with E-state index in [4.69, 9.17) is 27.9 Å². The first-order valence-electron chi connectivity index (χ1n) is 8.72. The molecule has 3 aromatic carbocycles. The van der Waals surface area contributed by atoms with Gasteiger partial charge in [0.15, 0.2) is 5.78 Å². The fraction of sp³-hybridized carbons (Fsp3) is 0.0870. The first-order chi connectivity index (χ1) is 13.5. The van der Waals surface area contributed by atoms with Crippen LogP contribution in [-0.2, 0) is 6.61 Å². The molecule has 0 atom stereocenters. The lowest BCUT2D eigenvalue weighted by molar-refractivity contribution is 0.104. The lowest BCUT2D eigenvalue weighted by Gasteiger charge is -2.08. The quantitative estimate of drug-likeness (QED) is 0.347. The van der Waals surface area contributed by atoms with Gasteiger partial charge in [0.1, 0.15) is 12.4 Å². The molecule has 5 heteroatoms. The van der Waals surface area contributed by atoms with Crippen molar-refractivity contribution in [3.05, 3.63) is 106 Å². The Morgan fingerprint density at radius 2 is 1.71 bits per heavy atom. The lowest BCUT2D eigenvalue weighted by Crippen LogP contribution is -1.99. The third-order valence-electron chi connectivity index (χ3n) is 4.08. The van der Waals surface area contributed by atoms with Crippen LogP contribution in [0, 0.1) is 6.92 Å². The van der Waals surface area contributed by atoms with Crippen LogP contribution < -0.4 is 10.1 Å². The predicted molar refractivity (Wildman–Crippen MR) is 116 cm³/mol. The molecule has 0 fully saturated rings. The topological polar surface area (TPSA) is 38.3 Å². The zero-order valence-electron chi connectivity index (χ0n) is 15.3. The van der Waals surface area contributed by atoms with Gasteiger partial charge >= 0.3 is 0 Å². The van der Waals surface area contributed by atoms with Crippen molar-refractivity contribution in [3.8, 4) is 5.75 Å². The summed E-state index contributed by atoms with van der Waals surface area (Å²) in [5.41, 5.74) is 3.54. The van der Waals surface area contributed by atoms with Gasteiger partial charge in [0.05, 0.1) is 0 Å². The van der Waals surface area contributed by atoms with Crippen LogP contribution in [0.15, 0.2) is 79.0 Å². The van der Waals surface area contributed by atoms with E-state index in [1.807, 2.05) is 37.3 Å². The number of halogens is 2. The molecule has 0 saturated heterocycles. The van der Waals surface area contributed by atoms with Crippen molar-refractivity contribution in [2.75, 3.05) is 5.32 Å². The van der Waals surface area contributed by atoms with Crippen LogP contribution in [0.25, 0.3) is 0 Å². The molecule has 3 rings (SSSR count). The smallest absolute Gasteiger partial charge is 0.187 e. The van der Waals surface area contributed by atoms with Crippen molar-refractivity contribution < 1.29 is 9.53 Å². The van der Waals surface area contributed by atoms with Crippen molar-refractivity contribution in [1.29, 1.82) is 0 Å². The number of anilines is 1. The van der Waals surface area contributed by atoms with Crippen molar-refractivity contribution in [2.45, 2.75) is 13.5 Å². The summed E-state index contributed by atoms with van der Waals surface area (Å²) in [6.07, 6.45) is 3.14. The summed E-state index contributed by atoms with van der Waals surface area (Å²) in [6, 6.07) is 20.2. The van der Waals surface area contributed by atoms with Gasteiger partial charge < -0.3 is 10.1 Å². The molecule has 0 aliphatic heterocycles. The molecule has 0 bridgehead atoms. The number of carbonyl (C=O) groups is 1. The van der Waals surface area contributed by atoms with E-state index >= 15 is 0 Å². The number of allylic oxidation sites excluding steroid dienone is 1. The summed E-state index contributed by atoms with van der Waals surface area (Å²) < 4.78 is 5.73. The maximum absolute atomic E-state index is 12.3. The number of rotatable bonds is 7. The van der Waals surface area contributed by atoms with Gasteiger partial charge in [-0.2, -0.15) is 0 Å². The molecule has 0 amide bonds. The monoisotopic (exact) mass is 411 g/mol. The predicted octanol–water partition coefficient (Wildman–Crippen LogP) is 6.69.